The number of ether oxygens (including phenoxy) is 3. The van der Waals surface area contributed by atoms with Crippen molar-refractivity contribution >= 4 is 11.7 Å². The summed E-state index contributed by atoms with van der Waals surface area (Å²) in [5.41, 5.74) is 0.374. The number of nitrogens with zero attached hydrogens (tertiary/aromatic N) is 3. The van der Waals surface area contributed by atoms with Crippen LogP contribution in [0.1, 0.15) is 17.3 Å². The van der Waals surface area contributed by atoms with Crippen molar-refractivity contribution in [3.8, 4) is 11.5 Å². The molecule has 0 N–H and O–H groups in total. The number of ketones is 1. The lowest BCUT2D eigenvalue weighted by Gasteiger charge is -2.38. The number of benzene rings is 1. The summed E-state index contributed by atoms with van der Waals surface area (Å²) in [7, 11) is 2.13. The molecule has 8 nitrogen and oxygen atoms in total. The summed E-state index contributed by atoms with van der Waals surface area (Å²) in [6, 6.07) is 5.06. The van der Waals surface area contributed by atoms with Gasteiger partial charge in [-0.05, 0) is 32.2 Å². The minimum Gasteiger partial charge on any atom is -0.494 e. The van der Waals surface area contributed by atoms with Crippen LogP contribution in [-0.2, 0) is 9.53 Å². The highest BCUT2D eigenvalue weighted by atomic mass is 16.5. The average Bonchev–Trinajstić information content (AvgIpc) is 2.83. The first-order chi connectivity index (χ1) is 16.0. The molecule has 2 aliphatic rings. The van der Waals surface area contributed by atoms with Crippen molar-refractivity contribution < 1.29 is 23.8 Å². The Balaban J connectivity index is 1.58. The first-order valence-corrected chi connectivity index (χ1v) is 11.5. The molecule has 0 spiro atoms. The molecule has 0 aromatic heterocycles. The van der Waals surface area contributed by atoms with Gasteiger partial charge >= 0.3 is 0 Å². The van der Waals surface area contributed by atoms with Gasteiger partial charge in [-0.1, -0.05) is 12.7 Å². The first-order valence-electron chi connectivity index (χ1n) is 11.5. The van der Waals surface area contributed by atoms with Crippen LogP contribution in [0.5, 0.6) is 11.5 Å². The highest BCUT2D eigenvalue weighted by Gasteiger charge is 2.26. The van der Waals surface area contributed by atoms with E-state index >= 15 is 0 Å². The topological polar surface area (TPSA) is 71.5 Å². The monoisotopic (exact) mass is 457 g/mol. The predicted molar refractivity (Wildman–Crippen MR) is 127 cm³/mol. The molecule has 1 aromatic rings. The first kappa shape index (κ1) is 25.0. The van der Waals surface area contributed by atoms with Crippen LogP contribution >= 0.6 is 0 Å². The molecule has 0 bridgehead atoms. The van der Waals surface area contributed by atoms with Crippen LogP contribution < -0.4 is 9.47 Å². The Bertz CT molecular complexity index is 848. The second kappa shape index (κ2) is 12.5. The number of carbonyl (C=O) groups excluding carboxylic acids is 2. The van der Waals surface area contributed by atoms with E-state index in [4.69, 9.17) is 14.2 Å². The van der Waals surface area contributed by atoms with Crippen molar-refractivity contribution in [3.05, 3.63) is 48.6 Å². The molecule has 1 unspecified atom stereocenters. The minimum absolute atomic E-state index is 0.0137. The van der Waals surface area contributed by atoms with Crippen LogP contribution in [0, 0.1) is 0 Å². The number of carbonyl (C=O) groups is 2. The molecule has 1 aromatic carbocycles. The zero-order valence-electron chi connectivity index (χ0n) is 19.7. The summed E-state index contributed by atoms with van der Waals surface area (Å²) >= 11 is 0. The number of amides is 1. The van der Waals surface area contributed by atoms with Crippen LogP contribution in [0.25, 0.3) is 0 Å². The highest BCUT2D eigenvalue weighted by Crippen LogP contribution is 2.26. The van der Waals surface area contributed by atoms with Gasteiger partial charge in [-0.15, -0.1) is 0 Å². The molecule has 2 heterocycles. The van der Waals surface area contributed by atoms with Gasteiger partial charge in [0.1, 0.15) is 18.1 Å². The average molecular weight is 458 g/mol. The molecule has 2 aliphatic heterocycles. The van der Waals surface area contributed by atoms with Gasteiger partial charge < -0.3 is 24.0 Å². The molecule has 180 valence electrons. The third-order valence-corrected chi connectivity index (χ3v) is 5.77. The number of hydrogen-bond acceptors (Lipinski definition) is 7. The number of rotatable bonds is 10. The van der Waals surface area contributed by atoms with E-state index in [9.17, 15) is 9.59 Å². The zero-order valence-corrected chi connectivity index (χ0v) is 19.7. The third-order valence-electron chi connectivity index (χ3n) is 5.77. The Hall–Kier alpha value is -2.68. The number of piperazine rings is 1. The van der Waals surface area contributed by atoms with E-state index < -0.39 is 0 Å². The van der Waals surface area contributed by atoms with Crippen molar-refractivity contribution in [1.82, 2.24) is 14.7 Å². The van der Waals surface area contributed by atoms with Gasteiger partial charge in [0.15, 0.2) is 5.78 Å². The van der Waals surface area contributed by atoms with Crippen molar-refractivity contribution in [2.24, 2.45) is 0 Å². The molecule has 0 radical (unpaired) electrons. The molecule has 2 fully saturated rings. The summed E-state index contributed by atoms with van der Waals surface area (Å²) in [6.45, 7) is 12.8. The fourth-order valence-electron chi connectivity index (χ4n) is 3.92. The lowest BCUT2D eigenvalue weighted by molar-refractivity contribution is -0.134. The summed E-state index contributed by atoms with van der Waals surface area (Å²) in [4.78, 5) is 32.0. The molecule has 1 atom stereocenters. The Morgan fingerprint density at radius 1 is 1.15 bits per heavy atom. The maximum atomic E-state index is 12.8. The van der Waals surface area contributed by atoms with E-state index in [0.717, 1.165) is 32.7 Å². The van der Waals surface area contributed by atoms with E-state index in [2.05, 4.69) is 23.4 Å². The summed E-state index contributed by atoms with van der Waals surface area (Å²) in [5.74, 6) is 0.539. The van der Waals surface area contributed by atoms with Crippen LogP contribution in [0.15, 0.2) is 43.0 Å². The normalized spacial score (nSPS) is 20.1. The van der Waals surface area contributed by atoms with Crippen molar-refractivity contribution in [1.29, 1.82) is 0 Å². The van der Waals surface area contributed by atoms with E-state index in [-0.39, 0.29) is 24.4 Å². The van der Waals surface area contributed by atoms with Crippen LogP contribution in [-0.4, -0.2) is 105 Å². The lowest BCUT2D eigenvalue weighted by Crippen LogP contribution is -2.52. The van der Waals surface area contributed by atoms with E-state index in [1.165, 1.54) is 12.2 Å². The smallest absolute Gasteiger partial charge is 0.246 e. The SMILES string of the molecule is C=CCOc1cc(OCC)ccc1C(=O)C=CC(=O)N1CCOC(CN2CCN(C)CC2)C1. The van der Waals surface area contributed by atoms with Crippen molar-refractivity contribution in [2.75, 3.05) is 72.7 Å². The molecule has 8 heteroatoms. The second-order valence-corrected chi connectivity index (χ2v) is 8.27. The Kier molecular flexibility index (Phi) is 9.47. The summed E-state index contributed by atoms with van der Waals surface area (Å²) in [5, 5.41) is 0. The van der Waals surface area contributed by atoms with Gasteiger partial charge in [-0.3, -0.25) is 14.5 Å². The fourth-order valence-corrected chi connectivity index (χ4v) is 3.92. The lowest BCUT2D eigenvalue weighted by atomic mass is 10.1. The fraction of sp³-hybridized carbons (Fsp3) is 0.520. The van der Waals surface area contributed by atoms with Crippen LogP contribution in [0.3, 0.4) is 0 Å². The van der Waals surface area contributed by atoms with E-state index in [1.807, 2.05) is 6.92 Å². The third kappa shape index (κ3) is 7.42. The molecule has 0 saturated carbocycles. The van der Waals surface area contributed by atoms with Gasteiger partial charge in [0.2, 0.25) is 5.91 Å². The van der Waals surface area contributed by atoms with Crippen LogP contribution in [0.2, 0.25) is 0 Å². The highest BCUT2D eigenvalue weighted by molar-refractivity contribution is 6.09. The number of likely N-dealkylation sites (N-methyl/N-ethyl adjacent to an activating group) is 1. The predicted octanol–water partition coefficient (Wildman–Crippen LogP) is 1.86. The van der Waals surface area contributed by atoms with Crippen molar-refractivity contribution in [2.45, 2.75) is 13.0 Å². The van der Waals surface area contributed by atoms with Gasteiger partial charge in [0, 0.05) is 58.0 Å². The molecule has 33 heavy (non-hydrogen) atoms. The molecule has 2 saturated heterocycles. The van der Waals surface area contributed by atoms with Gasteiger partial charge in [0.05, 0.1) is 24.9 Å². The van der Waals surface area contributed by atoms with Gasteiger partial charge in [0.25, 0.3) is 0 Å². The van der Waals surface area contributed by atoms with Crippen LogP contribution in [0.4, 0.5) is 0 Å². The molecule has 3 rings (SSSR count). The summed E-state index contributed by atoms with van der Waals surface area (Å²) < 4.78 is 17.0. The van der Waals surface area contributed by atoms with Crippen molar-refractivity contribution in [3.63, 3.8) is 0 Å². The largest absolute Gasteiger partial charge is 0.494 e. The standard InChI is InChI=1S/C25H35N3O5/c1-4-15-33-24-17-20(31-5-2)6-7-22(24)23(29)8-9-25(30)28-14-16-32-21(19-28)18-27-12-10-26(3)11-13-27/h4,6-9,17,21H,1,5,10-16,18-19H2,2-3H3. The Morgan fingerprint density at radius 2 is 1.94 bits per heavy atom. The maximum absolute atomic E-state index is 12.8. The van der Waals surface area contributed by atoms with Gasteiger partial charge in [-0.2, -0.15) is 0 Å². The maximum Gasteiger partial charge on any atom is 0.246 e. The molecular formula is C25H35N3O5. The zero-order chi connectivity index (χ0) is 23.6. The Morgan fingerprint density at radius 3 is 2.67 bits per heavy atom. The van der Waals surface area contributed by atoms with Gasteiger partial charge in [-0.25, -0.2) is 0 Å². The number of hydrogen-bond donors (Lipinski definition) is 0. The van der Waals surface area contributed by atoms with E-state index in [1.54, 1.807) is 29.2 Å². The number of morpholine rings is 1. The Labute approximate surface area is 196 Å². The molecular weight excluding hydrogens is 422 g/mol. The molecule has 1 amide bonds. The molecule has 0 aliphatic carbocycles. The van der Waals surface area contributed by atoms with E-state index in [0.29, 0.717) is 43.4 Å². The number of allylic oxidation sites excluding steroid dienone is 1. The minimum atomic E-state index is -0.298. The summed E-state index contributed by atoms with van der Waals surface area (Å²) in [6.07, 6.45) is 4.25. The quantitative estimate of drug-likeness (QED) is 0.302. The second-order valence-electron chi connectivity index (χ2n) is 8.27.